The lowest BCUT2D eigenvalue weighted by molar-refractivity contribution is 0.0496. The molecular formula is C22H18FN3O7. The Morgan fingerprint density at radius 3 is 2.58 bits per heavy atom. The maximum Gasteiger partial charge on any atom is 0.339 e. The van der Waals surface area contributed by atoms with Gasteiger partial charge in [-0.1, -0.05) is 12.1 Å². The van der Waals surface area contributed by atoms with E-state index in [4.69, 9.17) is 18.6 Å². The number of hydrogen-bond donors (Lipinski definition) is 1. The van der Waals surface area contributed by atoms with Crippen molar-refractivity contribution in [2.75, 3.05) is 13.9 Å². The molecule has 11 heteroatoms. The molecule has 10 nitrogen and oxygen atoms in total. The van der Waals surface area contributed by atoms with Crippen molar-refractivity contribution in [2.24, 2.45) is 7.05 Å². The first-order valence-corrected chi connectivity index (χ1v) is 9.61. The lowest BCUT2D eigenvalue weighted by Gasteiger charge is -2.14. The number of carboxylic acids is 1. The Labute approximate surface area is 185 Å². The molecule has 2 aromatic carbocycles. The van der Waals surface area contributed by atoms with Crippen LogP contribution in [0.4, 0.5) is 4.39 Å². The van der Waals surface area contributed by atoms with Gasteiger partial charge in [0.1, 0.15) is 35.5 Å². The van der Waals surface area contributed by atoms with E-state index in [-0.39, 0.29) is 53.0 Å². The molecule has 170 valence electrons. The summed E-state index contributed by atoms with van der Waals surface area (Å²) >= 11 is 0. The summed E-state index contributed by atoms with van der Waals surface area (Å²) in [6.07, 6.45) is 1.25. The zero-order chi connectivity index (χ0) is 23.5. The fourth-order valence-electron chi connectivity index (χ4n) is 3.18. The molecule has 0 radical (unpaired) electrons. The molecule has 0 saturated carbocycles. The largest absolute Gasteiger partial charge is 0.488 e. The zero-order valence-electron chi connectivity index (χ0n) is 17.6. The van der Waals surface area contributed by atoms with Gasteiger partial charge in [0.15, 0.2) is 18.2 Å². The maximum atomic E-state index is 13.5. The van der Waals surface area contributed by atoms with Gasteiger partial charge in [-0.25, -0.2) is 18.9 Å². The predicted molar refractivity (Wildman–Crippen MR) is 113 cm³/mol. The number of aromatic carboxylic acids is 1. The van der Waals surface area contributed by atoms with E-state index in [2.05, 4.69) is 10.1 Å². The van der Waals surface area contributed by atoms with E-state index in [0.29, 0.717) is 5.56 Å². The first kappa shape index (κ1) is 22.0. The Bertz CT molecular complexity index is 1380. The van der Waals surface area contributed by atoms with Crippen LogP contribution in [0.3, 0.4) is 0 Å². The molecule has 0 aliphatic rings. The second kappa shape index (κ2) is 9.09. The normalized spacial score (nSPS) is 11.0. The van der Waals surface area contributed by atoms with Crippen LogP contribution in [0.1, 0.15) is 15.9 Å². The van der Waals surface area contributed by atoms with Gasteiger partial charge in [0.25, 0.3) is 0 Å². The first-order chi connectivity index (χ1) is 15.9. The minimum Gasteiger partial charge on any atom is -0.488 e. The van der Waals surface area contributed by atoms with E-state index in [1.165, 1.54) is 54.5 Å². The number of methoxy groups -OCH3 is 1. The summed E-state index contributed by atoms with van der Waals surface area (Å²) in [5, 5.41) is 13.5. The van der Waals surface area contributed by atoms with Gasteiger partial charge in [0.05, 0.1) is 0 Å². The predicted octanol–water partition coefficient (Wildman–Crippen LogP) is 2.99. The van der Waals surface area contributed by atoms with Crippen molar-refractivity contribution in [1.29, 1.82) is 0 Å². The second-order valence-corrected chi connectivity index (χ2v) is 6.88. The van der Waals surface area contributed by atoms with Crippen LogP contribution in [-0.4, -0.2) is 39.7 Å². The highest BCUT2D eigenvalue weighted by Crippen LogP contribution is 2.35. The quantitative estimate of drug-likeness (QED) is 0.399. The highest BCUT2D eigenvalue weighted by molar-refractivity contribution is 6.03. The third-order valence-corrected chi connectivity index (χ3v) is 4.74. The first-order valence-electron chi connectivity index (χ1n) is 9.61. The summed E-state index contributed by atoms with van der Waals surface area (Å²) in [5.74, 6) is -1.83. The molecule has 1 N–H and O–H groups in total. The Morgan fingerprint density at radius 1 is 1.18 bits per heavy atom. The lowest BCUT2D eigenvalue weighted by Crippen LogP contribution is -2.15. The monoisotopic (exact) mass is 455 g/mol. The summed E-state index contributed by atoms with van der Waals surface area (Å²) in [5.41, 5.74) is -0.504. The number of aromatic nitrogens is 3. The Hall–Kier alpha value is -4.25. The van der Waals surface area contributed by atoms with Gasteiger partial charge in [-0.3, -0.25) is 4.79 Å². The van der Waals surface area contributed by atoms with Crippen LogP contribution < -0.4 is 14.9 Å². The number of ether oxygens (including phenoxy) is 3. The number of fused-ring (bicyclic) bond motifs is 1. The minimum atomic E-state index is -1.30. The minimum absolute atomic E-state index is 0.000533. The third kappa shape index (κ3) is 4.26. The number of rotatable bonds is 8. The highest BCUT2D eigenvalue weighted by atomic mass is 19.1. The molecule has 4 rings (SSSR count). The average molecular weight is 455 g/mol. The van der Waals surface area contributed by atoms with Gasteiger partial charge in [-0.05, 0) is 29.8 Å². The molecule has 0 aliphatic carbocycles. The molecular weight excluding hydrogens is 437 g/mol. The van der Waals surface area contributed by atoms with E-state index < -0.39 is 17.2 Å². The number of carboxylic acid groups (broad SMARTS) is 1. The van der Waals surface area contributed by atoms with Crippen molar-refractivity contribution in [3.8, 4) is 23.1 Å². The molecule has 0 atom stereocenters. The zero-order valence-corrected chi connectivity index (χ0v) is 17.6. The van der Waals surface area contributed by atoms with Crippen molar-refractivity contribution in [3.05, 3.63) is 69.9 Å². The van der Waals surface area contributed by atoms with Crippen molar-refractivity contribution >= 4 is 16.9 Å². The van der Waals surface area contributed by atoms with Crippen molar-refractivity contribution in [2.45, 2.75) is 6.61 Å². The van der Waals surface area contributed by atoms with Crippen molar-refractivity contribution < 1.29 is 32.9 Å². The molecule has 0 amide bonds. The van der Waals surface area contributed by atoms with Gasteiger partial charge in [-0.15, -0.1) is 0 Å². The number of hydrogen-bond acceptors (Lipinski definition) is 8. The number of benzene rings is 2. The van der Waals surface area contributed by atoms with Crippen LogP contribution in [0, 0.1) is 5.82 Å². The standard InChI is InChI=1S/C22H18FN3O7/c1-26-21(24-10-25-26)20-19(32-11-30-2)17(27)16-15(8-7-14(22(28)29)18(16)33-20)31-9-12-3-5-13(23)6-4-12/h3-8,10H,9,11H2,1-2H3,(H,28,29). The van der Waals surface area contributed by atoms with Crippen LogP contribution in [-0.2, 0) is 18.4 Å². The Balaban J connectivity index is 1.92. The van der Waals surface area contributed by atoms with Gasteiger partial charge < -0.3 is 23.7 Å². The van der Waals surface area contributed by atoms with Crippen LogP contribution >= 0.6 is 0 Å². The molecule has 2 aromatic heterocycles. The molecule has 33 heavy (non-hydrogen) atoms. The maximum absolute atomic E-state index is 13.5. The number of aryl methyl sites for hydroxylation is 1. The summed E-state index contributed by atoms with van der Waals surface area (Å²) < 4.78 is 36.6. The molecule has 4 aromatic rings. The van der Waals surface area contributed by atoms with E-state index in [9.17, 15) is 19.1 Å². The van der Waals surface area contributed by atoms with Gasteiger partial charge in [0.2, 0.25) is 16.9 Å². The Morgan fingerprint density at radius 2 is 1.94 bits per heavy atom. The Kier molecular flexibility index (Phi) is 6.05. The summed E-state index contributed by atoms with van der Waals surface area (Å²) in [7, 11) is 2.96. The summed E-state index contributed by atoms with van der Waals surface area (Å²) in [6, 6.07) is 8.25. The molecule has 0 saturated heterocycles. The summed E-state index contributed by atoms with van der Waals surface area (Å²) in [4.78, 5) is 29.4. The van der Waals surface area contributed by atoms with E-state index in [1.54, 1.807) is 7.05 Å². The van der Waals surface area contributed by atoms with E-state index in [0.717, 1.165) is 0 Å². The number of carbonyl (C=O) groups is 1. The topological polar surface area (TPSA) is 126 Å². The van der Waals surface area contributed by atoms with E-state index >= 15 is 0 Å². The van der Waals surface area contributed by atoms with Crippen LogP contribution in [0.2, 0.25) is 0 Å². The van der Waals surface area contributed by atoms with E-state index in [1.807, 2.05) is 0 Å². The number of halogens is 1. The lowest BCUT2D eigenvalue weighted by atomic mass is 10.1. The smallest absolute Gasteiger partial charge is 0.339 e. The second-order valence-electron chi connectivity index (χ2n) is 6.88. The summed E-state index contributed by atoms with van der Waals surface area (Å²) in [6.45, 7) is -0.272. The van der Waals surface area contributed by atoms with Gasteiger partial charge in [0, 0.05) is 14.2 Å². The molecule has 0 spiro atoms. The average Bonchev–Trinajstić information content (AvgIpc) is 3.23. The van der Waals surface area contributed by atoms with Crippen LogP contribution in [0.25, 0.3) is 22.6 Å². The fraction of sp³-hybridized carbons (Fsp3) is 0.182. The van der Waals surface area contributed by atoms with Gasteiger partial charge in [-0.2, -0.15) is 5.10 Å². The van der Waals surface area contributed by atoms with Gasteiger partial charge >= 0.3 is 5.97 Å². The molecule has 0 bridgehead atoms. The highest BCUT2D eigenvalue weighted by Gasteiger charge is 2.26. The SMILES string of the molecule is COCOc1c(-c2ncnn2C)oc2c(C(=O)O)ccc(OCc3ccc(F)cc3)c2c1=O. The molecule has 2 heterocycles. The fourth-order valence-corrected chi connectivity index (χ4v) is 3.18. The van der Waals surface area contributed by atoms with Crippen LogP contribution in [0.5, 0.6) is 11.5 Å². The van der Waals surface area contributed by atoms with Crippen molar-refractivity contribution in [3.63, 3.8) is 0 Å². The van der Waals surface area contributed by atoms with Crippen LogP contribution in [0.15, 0.2) is 51.9 Å². The molecule has 0 aliphatic heterocycles. The number of nitrogens with zero attached hydrogens (tertiary/aromatic N) is 3. The van der Waals surface area contributed by atoms with Crippen molar-refractivity contribution in [1.82, 2.24) is 14.8 Å². The molecule has 0 fully saturated rings. The molecule has 0 unspecified atom stereocenters. The third-order valence-electron chi connectivity index (χ3n) is 4.74.